The van der Waals surface area contributed by atoms with Gasteiger partial charge < -0.3 is 4.90 Å². The number of hydrogen-bond donors (Lipinski definition) is 0. The Hall–Kier alpha value is -2.88. The van der Waals surface area contributed by atoms with Gasteiger partial charge >= 0.3 is 0 Å². The van der Waals surface area contributed by atoms with Gasteiger partial charge in [0.25, 0.3) is 0 Å². The number of nitrogens with zero attached hydrogens (tertiary/aromatic N) is 7. The highest BCUT2D eigenvalue weighted by Crippen LogP contribution is 2.28. The van der Waals surface area contributed by atoms with E-state index < -0.39 is 0 Å². The first kappa shape index (κ1) is 11.9. The minimum Gasteiger partial charge on any atom is -0.352 e. The summed E-state index contributed by atoms with van der Waals surface area (Å²) >= 11 is 0. The van der Waals surface area contributed by atoms with Gasteiger partial charge in [0.2, 0.25) is 0 Å². The Kier molecular flexibility index (Phi) is 2.44. The van der Waals surface area contributed by atoms with E-state index >= 15 is 0 Å². The second-order valence-corrected chi connectivity index (χ2v) is 5.24. The van der Waals surface area contributed by atoms with Crippen molar-refractivity contribution >= 4 is 11.5 Å². The number of rotatable bonds is 2. The topological polar surface area (TPSA) is 75.0 Å². The van der Waals surface area contributed by atoms with Crippen molar-refractivity contribution in [3.63, 3.8) is 0 Å². The summed E-state index contributed by atoms with van der Waals surface area (Å²) < 4.78 is 3.72. The Bertz CT molecular complexity index is 848. The van der Waals surface area contributed by atoms with Crippen LogP contribution < -0.4 is 4.90 Å². The van der Waals surface area contributed by atoms with Gasteiger partial charge in [-0.25, -0.2) is 4.98 Å². The Labute approximate surface area is 121 Å². The molecular formula is C14H13N7. The van der Waals surface area contributed by atoms with Crippen molar-refractivity contribution in [2.45, 2.75) is 13.0 Å². The van der Waals surface area contributed by atoms with Crippen LogP contribution in [0.4, 0.5) is 5.82 Å². The lowest BCUT2D eigenvalue weighted by molar-refractivity contribution is 0.364. The van der Waals surface area contributed by atoms with E-state index in [0.717, 1.165) is 30.2 Å². The van der Waals surface area contributed by atoms with E-state index in [9.17, 15) is 0 Å². The zero-order valence-electron chi connectivity index (χ0n) is 11.5. The van der Waals surface area contributed by atoms with Crippen LogP contribution in [0.2, 0.25) is 0 Å². The van der Waals surface area contributed by atoms with Crippen LogP contribution in [0.3, 0.4) is 0 Å². The lowest BCUT2D eigenvalue weighted by atomic mass is 10.1. The van der Waals surface area contributed by atoms with Crippen molar-refractivity contribution in [2.75, 3.05) is 18.0 Å². The molecule has 0 N–H and O–H groups in total. The highest BCUT2D eigenvalue weighted by molar-refractivity contribution is 5.52. The molecule has 104 valence electrons. The molecular weight excluding hydrogens is 266 g/mol. The van der Waals surface area contributed by atoms with Crippen LogP contribution >= 0.6 is 0 Å². The Balaban J connectivity index is 1.59. The summed E-state index contributed by atoms with van der Waals surface area (Å²) in [5.74, 6) is 1.05. The van der Waals surface area contributed by atoms with Crippen LogP contribution in [0.25, 0.3) is 5.65 Å². The fourth-order valence-corrected chi connectivity index (χ4v) is 2.65. The van der Waals surface area contributed by atoms with Gasteiger partial charge in [0.1, 0.15) is 11.9 Å². The van der Waals surface area contributed by atoms with Gasteiger partial charge in [-0.1, -0.05) is 0 Å². The number of anilines is 1. The molecule has 0 spiro atoms. The number of aryl methyl sites for hydroxylation is 1. The molecule has 0 bridgehead atoms. The standard InChI is InChI=1S/C14H13N7/c1-10-4-14(21-13(18-10)2-3-16-21)19-8-12(9-19)20-7-11(5-15)6-17-20/h2-4,6-7,12H,8-9H2,1H3. The Morgan fingerprint density at radius 1 is 1.33 bits per heavy atom. The van der Waals surface area contributed by atoms with E-state index in [2.05, 4.69) is 26.2 Å². The van der Waals surface area contributed by atoms with Gasteiger partial charge in [-0.2, -0.15) is 20.0 Å². The van der Waals surface area contributed by atoms with Gasteiger partial charge in [0.15, 0.2) is 5.65 Å². The molecule has 1 saturated heterocycles. The number of fused-ring (bicyclic) bond motifs is 1. The van der Waals surface area contributed by atoms with E-state index in [4.69, 9.17) is 5.26 Å². The molecule has 0 atom stereocenters. The predicted octanol–water partition coefficient (Wildman–Crippen LogP) is 1.17. The smallest absolute Gasteiger partial charge is 0.157 e. The molecule has 4 rings (SSSR count). The minimum absolute atomic E-state index is 0.297. The highest BCUT2D eigenvalue weighted by Gasteiger charge is 2.30. The first-order chi connectivity index (χ1) is 10.2. The summed E-state index contributed by atoms with van der Waals surface area (Å²) in [5.41, 5.74) is 2.44. The monoisotopic (exact) mass is 279 g/mol. The second-order valence-electron chi connectivity index (χ2n) is 5.24. The maximum absolute atomic E-state index is 8.85. The number of hydrogen-bond acceptors (Lipinski definition) is 5. The summed E-state index contributed by atoms with van der Waals surface area (Å²) in [6.45, 7) is 3.69. The molecule has 3 aromatic rings. The number of nitriles is 1. The summed E-state index contributed by atoms with van der Waals surface area (Å²) in [4.78, 5) is 6.69. The summed E-state index contributed by atoms with van der Waals surface area (Å²) in [5, 5.41) is 17.4. The maximum Gasteiger partial charge on any atom is 0.157 e. The zero-order valence-corrected chi connectivity index (χ0v) is 11.5. The molecule has 7 heteroatoms. The fraction of sp³-hybridized carbons (Fsp3) is 0.286. The van der Waals surface area contributed by atoms with Crippen LogP contribution in [-0.2, 0) is 0 Å². The van der Waals surface area contributed by atoms with Crippen molar-refractivity contribution < 1.29 is 0 Å². The molecule has 1 aliphatic rings. The van der Waals surface area contributed by atoms with Crippen LogP contribution in [0, 0.1) is 18.3 Å². The van der Waals surface area contributed by atoms with E-state index in [1.807, 2.05) is 28.3 Å². The van der Waals surface area contributed by atoms with Crippen LogP contribution in [0.15, 0.2) is 30.7 Å². The summed E-state index contributed by atoms with van der Waals surface area (Å²) in [7, 11) is 0. The lowest BCUT2D eigenvalue weighted by Crippen LogP contribution is -2.48. The van der Waals surface area contributed by atoms with Crippen LogP contribution in [0.5, 0.6) is 0 Å². The summed E-state index contributed by atoms with van der Waals surface area (Å²) in [6.07, 6.45) is 5.16. The van der Waals surface area contributed by atoms with Gasteiger partial charge in [-0.15, -0.1) is 0 Å². The third kappa shape index (κ3) is 1.84. The second kappa shape index (κ2) is 4.31. The summed E-state index contributed by atoms with van der Waals surface area (Å²) in [6, 6.07) is 6.34. The third-order valence-electron chi connectivity index (χ3n) is 3.76. The molecule has 3 aromatic heterocycles. The quantitative estimate of drug-likeness (QED) is 0.704. The Morgan fingerprint density at radius 3 is 2.95 bits per heavy atom. The first-order valence-electron chi connectivity index (χ1n) is 6.75. The fourth-order valence-electron chi connectivity index (χ4n) is 2.65. The molecule has 1 aliphatic heterocycles. The van der Waals surface area contributed by atoms with Crippen molar-refractivity contribution in [2.24, 2.45) is 0 Å². The molecule has 0 aliphatic carbocycles. The highest BCUT2D eigenvalue weighted by atomic mass is 15.4. The van der Waals surface area contributed by atoms with Crippen LogP contribution in [-0.4, -0.2) is 37.5 Å². The van der Waals surface area contributed by atoms with E-state index in [-0.39, 0.29) is 0 Å². The normalized spacial score (nSPS) is 15.1. The van der Waals surface area contributed by atoms with Gasteiger partial charge in [-0.3, -0.25) is 4.68 Å². The predicted molar refractivity (Wildman–Crippen MR) is 75.9 cm³/mol. The lowest BCUT2D eigenvalue weighted by Gasteiger charge is -2.40. The average molecular weight is 279 g/mol. The van der Waals surface area contributed by atoms with E-state index in [1.54, 1.807) is 18.6 Å². The molecule has 0 unspecified atom stereocenters. The molecule has 4 heterocycles. The van der Waals surface area contributed by atoms with Crippen LogP contribution in [0.1, 0.15) is 17.3 Å². The minimum atomic E-state index is 0.297. The maximum atomic E-state index is 8.85. The molecule has 0 amide bonds. The first-order valence-corrected chi connectivity index (χ1v) is 6.75. The molecule has 0 saturated carbocycles. The molecule has 0 aromatic carbocycles. The van der Waals surface area contributed by atoms with Gasteiger partial charge in [-0.05, 0) is 6.92 Å². The van der Waals surface area contributed by atoms with Crippen molar-refractivity contribution in [1.82, 2.24) is 24.4 Å². The number of aromatic nitrogens is 5. The van der Waals surface area contributed by atoms with E-state index in [0.29, 0.717) is 11.6 Å². The molecule has 21 heavy (non-hydrogen) atoms. The molecule has 0 radical (unpaired) electrons. The molecule has 1 fully saturated rings. The molecule has 7 nitrogen and oxygen atoms in total. The largest absolute Gasteiger partial charge is 0.352 e. The van der Waals surface area contributed by atoms with Crippen molar-refractivity contribution in [1.29, 1.82) is 5.26 Å². The van der Waals surface area contributed by atoms with Crippen molar-refractivity contribution in [3.05, 3.63) is 42.0 Å². The van der Waals surface area contributed by atoms with Gasteiger partial charge in [0.05, 0.1) is 24.0 Å². The zero-order chi connectivity index (χ0) is 14.4. The Morgan fingerprint density at radius 2 is 2.19 bits per heavy atom. The third-order valence-corrected chi connectivity index (χ3v) is 3.76. The SMILES string of the molecule is Cc1cc(N2CC(n3cc(C#N)cn3)C2)n2nccc2n1. The van der Waals surface area contributed by atoms with Crippen molar-refractivity contribution in [3.8, 4) is 6.07 Å². The van der Waals surface area contributed by atoms with Gasteiger partial charge in [0, 0.05) is 37.1 Å². The van der Waals surface area contributed by atoms with E-state index in [1.165, 1.54) is 0 Å². The average Bonchev–Trinajstić information content (AvgIpc) is 3.05.